The predicted molar refractivity (Wildman–Crippen MR) is 54.4 cm³/mol. The Balaban J connectivity index is 2.51. The number of hydrogen-bond donors (Lipinski definition) is 1. The lowest BCUT2D eigenvalue weighted by Gasteiger charge is -2.18. The lowest BCUT2D eigenvalue weighted by molar-refractivity contribution is -0.131. The second-order valence-corrected chi connectivity index (χ2v) is 4.09. The van der Waals surface area contributed by atoms with Crippen LogP contribution in [-0.4, -0.2) is 23.9 Å². The summed E-state index contributed by atoms with van der Waals surface area (Å²) in [5.41, 5.74) is 5.48. The summed E-state index contributed by atoms with van der Waals surface area (Å²) in [4.78, 5) is 14.2. The Morgan fingerprint density at radius 1 is 1.77 bits per heavy atom. The van der Waals surface area contributed by atoms with Gasteiger partial charge in [-0.25, -0.2) is 0 Å². The van der Waals surface area contributed by atoms with E-state index < -0.39 is 6.04 Å². The Morgan fingerprint density at radius 2 is 2.46 bits per heavy atom. The van der Waals surface area contributed by atoms with Gasteiger partial charge < -0.3 is 10.6 Å². The minimum atomic E-state index is -0.412. The quantitative estimate of drug-likeness (QED) is 0.789. The van der Waals surface area contributed by atoms with E-state index >= 15 is 0 Å². The first kappa shape index (κ1) is 10.2. The van der Waals surface area contributed by atoms with Crippen molar-refractivity contribution in [1.82, 2.24) is 4.90 Å². The van der Waals surface area contributed by atoms with Crippen LogP contribution in [-0.2, 0) is 11.3 Å². The van der Waals surface area contributed by atoms with Crippen molar-refractivity contribution in [2.24, 2.45) is 5.73 Å². The van der Waals surface area contributed by atoms with Gasteiger partial charge in [0.15, 0.2) is 0 Å². The molecular formula is C9H14N2OS. The predicted octanol–water partition coefficient (Wildman–Crippen LogP) is 1.05. The topological polar surface area (TPSA) is 46.3 Å². The third kappa shape index (κ3) is 2.82. The van der Waals surface area contributed by atoms with E-state index in [4.69, 9.17) is 5.73 Å². The number of carbonyl (C=O) groups is 1. The lowest BCUT2D eigenvalue weighted by Crippen LogP contribution is -2.39. The zero-order valence-electron chi connectivity index (χ0n) is 7.86. The fraction of sp³-hybridized carbons (Fsp3) is 0.444. The maximum absolute atomic E-state index is 11.4. The summed E-state index contributed by atoms with van der Waals surface area (Å²) in [6.45, 7) is 2.35. The molecule has 0 aliphatic heterocycles. The molecule has 0 aromatic carbocycles. The summed E-state index contributed by atoms with van der Waals surface area (Å²) in [6, 6.07) is 3.57. The molecule has 0 aliphatic carbocycles. The van der Waals surface area contributed by atoms with Crippen molar-refractivity contribution in [3.05, 3.63) is 22.4 Å². The molecule has 1 aromatic heterocycles. The Hall–Kier alpha value is -0.870. The lowest BCUT2D eigenvalue weighted by atomic mass is 10.3. The standard InChI is InChI=1S/C9H14N2OS/c1-7(10)9(12)11(2)6-8-4-3-5-13-8/h3-5,7H,6,10H2,1-2H3. The first-order valence-corrected chi connectivity index (χ1v) is 5.02. The molecule has 13 heavy (non-hydrogen) atoms. The van der Waals surface area contributed by atoms with Crippen molar-refractivity contribution >= 4 is 17.2 Å². The maximum atomic E-state index is 11.4. The fourth-order valence-electron chi connectivity index (χ4n) is 1.06. The fourth-order valence-corrected chi connectivity index (χ4v) is 1.82. The Labute approximate surface area is 82.2 Å². The molecule has 0 saturated heterocycles. The highest BCUT2D eigenvalue weighted by Crippen LogP contribution is 2.10. The molecule has 1 unspecified atom stereocenters. The zero-order valence-corrected chi connectivity index (χ0v) is 8.67. The Bertz CT molecular complexity index is 269. The van der Waals surface area contributed by atoms with Crippen LogP contribution in [0.25, 0.3) is 0 Å². The van der Waals surface area contributed by atoms with Gasteiger partial charge in [0.2, 0.25) is 5.91 Å². The highest BCUT2D eigenvalue weighted by atomic mass is 32.1. The summed E-state index contributed by atoms with van der Waals surface area (Å²) in [6.07, 6.45) is 0. The third-order valence-electron chi connectivity index (χ3n) is 1.74. The van der Waals surface area contributed by atoms with Crippen LogP contribution in [0.3, 0.4) is 0 Å². The number of carbonyl (C=O) groups excluding carboxylic acids is 1. The molecule has 4 heteroatoms. The van der Waals surface area contributed by atoms with Crippen LogP contribution < -0.4 is 5.73 Å². The first-order chi connectivity index (χ1) is 6.11. The van der Waals surface area contributed by atoms with E-state index in [1.54, 1.807) is 30.2 Å². The normalized spacial score (nSPS) is 12.5. The van der Waals surface area contributed by atoms with Gasteiger partial charge in [-0.2, -0.15) is 0 Å². The van der Waals surface area contributed by atoms with Crippen molar-refractivity contribution in [3.63, 3.8) is 0 Å². The average Bonchev–Trinajstić information content (AvgIpc) is 2.55. The smallest absolute Gasteiger partial charge is 0.239 e. The van der Waals surface area contributed by atoms with Crippen molar-refractivity contribution in [1.29, 1.82) is 0 Å². The van der Waals surface area contributed by atoms with Gasteiger partial charge in [-0.1, -0.05) is 6.07 Å². The molecule has 1 amide bonds. The van der Waals surface area contributed by atoms with Crippen LogP contribution >= 0.6 is 11.3 Å². The second-order valence-electron chi connectivity index (χ2n) is 3.06. The molecule has 2 N–H and O–H groups in total. The minimum Gasteiger partial charge on any atom is -0.339 e. The van der Waals surface area contributed by atoms with Gasteiger partial charge in [0, 0.05) is 11.9 Å². The van der Waals surface area contributed by atoms with Crippen molar-refractivity contribution in [3.8, 4) is 0 Å². The van der Waals surface area contributed by atoms with E-state index in [1.165, 1.54) is 4.88 Å². The summed E-state index contributed by atoms with van der Waals surface area (Å²) in [7, 11) is 1.77. The number of hydrogen-bond acceptors (Lipinski definition) is 3. The molecule has 0 fully saturated rings. The van der Waals surface area contributed by atoms with Gasteiger partial charge in [-0.15, -0.1) is 11.3 Å². The van der Waals surface area contributed by atoms with E-state index in [0.29, 0.717) is 6.54 Å². The molecule has 1 atom stereocenters. The molecule has 0 spiro atoms. The average molecular weight is 198 g/mol. The van der Waals surface area contributed by atoms with Crippen molar-refractivity contribution in [2.75, 3.05) is 7.05 Å². The van der Waals surface area contributed by atoms with Gasteiger partial charge in [0.1, 0.15) is 0 Å². The molecule has 1 aromatic rings. The second kappa shape index (κ2) is 4.39. The van der Waals surface area contributed by atoms with Crippen LogP contribution in [0.2, 0.25) is 0 Å². The number of nitrogens with zero attached hydrogens (tertiary/aromatic N) is 1. The molecule has 0 bridgehead atoms. The van der Waals surface area contributed by atoms with E-state index in [0.717, 1.165) is 0 Å². The molecule has 0 radical (unpaired) electrons. The van der Waals surface area contributed by atoms with Crippen LogP contribution in [0.5, 0.6) is 0 Å². The SMILES string of the molecule is CC(N)C(=O)N(C)Cc1cccs1. The van der Waals surface area contributed by atoms with Gasteiger partial charge >= 0.3 is 0 Å². The Morgan fingerprint density at radius 3 is 2.92 bits per heavy atom. The first-order valence-electron chi connectivity index (χ1n) is 4.14. The van der Waals surface area contributed by atoms with Crippen LogP contribution in [0.1, 0.15) is 11.8 Å². The molecule has 72 valence electrons. The van der Waals surface area contributed by atoms with E-state index in [1.807, 2.05) is 17.5 Å². The molecular weight excluding hydrogens is 184 g/mol. The largest absolute Gasteiger partial charge is 0.339 e. The van der Waals surface area contributed by atoms with Crippen molar-refractivity contribution in [2.45, 2.75) is 19.5 Å². The molecule has 1 rings (SSSR count). The van der Waals surface area contributed by atoms with Gasteiger partial charge in [-0.05, 0) is 18.4 Å². The number of likely N-dealkylation sites (N-methyl/N-ethyl adjacent to an activating group) is 1. The molecule has 1 heterocycles. The van der Waals surface area contributed by atoms with E-state index in [9.17, 15) is 4.79 Å². The van der Waals surface area contributed by atoms with E-state index in [2.05, 4.69) is 0 Å². The van der Waals surface area contributed by atoms with Gasteiger partial charge in [0.05, 0.1) is 12.6 Å². The number of nitrogens with two attached hydrogens (primary N) is 1. The maximum Gasteiger partial charge on any atom is 0.239 e. The minimum absolute atomic E-state index is 0.0200. The highest BCUT2D eigenvalue weighted by Gasteiger charge is 2.13. The van der Waals surface area contributed by atoms with Crippen molar-refractivity contribution < 1.29 is 4.79 Å². The monoisotopic (exact) mass is 198 g/mol. The number of thiophene rings is 1. The number of amides is 1. The van der Waals surface area contributed by atoms with Gasteiger partial charge in [0.25, 0.3) is 0 Å². The highest BCUT2D eigenvalue weighted by molar-refractivity contribution is 7.09. The molecule has 3 nitrogen and oxygen atoms in total. The van der Waals surface area contributed by atoms with Gasteiger partial charge in [-0.3, -0.25) is 4.79 Å². The van der Waals surface area contributed by atoms with Crippen LogP contribution in [0.15, 0.2) is 17.5 Å². The Kier molecular flexibility index (Phi) is 3.45. The number of rotatable bonds is 3. The molecule has 0 aliphatic rings. The summed E-state index contributed by atoms with van der Waals surface area (Å²) < 4.78 is 0. The zero-order chi connectivity index (χ0) is 9.84. The molecule has 0 saturated carbocycles. The summed E-state index contributed by atoms with van der Waals surface area (Å²) in [5, 5.41) is 2.00. The van der Waals surface area contributed by atoms with Crippen LogP contribution in [0.4, 0.5) is 0 Å². The van der Waals surface area contributed by atoms with E-state index in [-0.39, 0.29) is 5.91 Å². The summed E-state index contributed by atoms with van der Waals surface area (Å²) >= 11 is 1.65. The van der Waals surface area contributed by atoms with Crippen LogP contribution in [0, 0.1) is 0 Å². The third-order valence-corrected chi connectivity index (χ3v) is 2.60. The summed E-state index contributed by atoms with van der Waals surface area (Å²) in [5.74, 6) is -0.0200.